The van der Waals surface area contributed by atoms with Crippen LogP contribution >= 0.6 is 0 Å². The van der Waals surface area contributed by atoms with Gasteiger partial charge < -0.3 is 20.7 Å². The molecule has 0 aliphatic rings. The van der Waals surface area contributed by atoms with E-state index < -0.39 is 0 Å². The number of anilines is 2. The summed E-state index contributed by atoms with van der Waals surface area (Å²) in [6.07, 6.45) is 0. The number of hydrogen-bond acceptors (Lipinski definition) is 4. The van der Waals surface area contributed by atoms with Crippen molar-refractivity contribution in [3.63, 3.8) is 0 Å². The van der Waals surface area contributed by atoms with Crippen LogP contribution in [0.3, 0.4) is 0 Å². The molecule has 0 saturated heterocycles. The van der Waals surface area contributed by atoms with Crippen molar-refractivity contribution in [2.45, 2.75) is 19.9 Å². The SMILES string of the molecule is CCOc1ccc(NC(=O)c2ccccc2NCC(=O)N[C@@H](C)c2ccccc2)cc1. The Kier molecular flexibility index (Phi) is 7.65. The molecular formula is C25H27N3O3. The number of ether oxygens (including phenoxy) is 1. The van der Waals surface area contributed by atoms with Gasteiger partial charge in [-0.3, -0.25) is 9.59 Å². The van der Waals surface area contributed by atoms with Crippen LogP contribution in [0.15, 0.2) is 78.9 Å². The van der Waals surface area contributed by atoms with Gasteiger partial charge >= 0.3 is 0 Å². The molecule has 0 aliphatic carbocycles. The Morgan fingerprint density at radius 2 is 1.58 bits per heavy atom. The van der Waals surface area contributed by atoms with Crippen molar-refractivity contribution in [3.05, 3.63) is 90.0 Å². The largest absolute Gasteiger partial charge is 0.494 e. The Balaban J connectivity index is 1.59. The maximum Gasteiger partial charge on any atom is 0.257 e. The zero-order valence-electron chi connectivity index (χ0n) is 17.7. The number of hydrogen-bond donors (Lipinski definition) is 3. The van der Waals surface area contributed by atoms with Gasteiger partial charge in [-0.15, -0.1) is 0 Å². The topological polar surface area (TPSA) is 79.5 Å². The van der Waals surface area contributed by atoms with Crippen molar-refractivity contribution in [2.75, 3.05) is 23.8 Å². The first-order valence-electron chi connectivity index (χ1n) is 10.3. The van der Waals surface area contributed by atoms with Crippen LogP contribution in [0, 0.1) is 0 Å². The van der Waals surface area contributed by atoms with E-state index in [0.717, 1.165) is 11.3 Å². The molecule has 0 radical (unpaired) electrons. The Bertz CT molecular complexity index is 1000. The molecule has 6 heteroatoms. The predicted octanol–water partition coefficient (Wildman–Crippen LogP) is 4.63. The molecule has 0 heterocycles. The third-order valence-corrected chi connectivity index (χ3v) is 4.71. The van der Waals surface area contributed by atoms with Gasteiger partial charge in [0.25, 0.3) is 5.91 Å². The van der Waals surface area contributed by atoms with Crippen LogP contribution in [0.2, 0.25) is 0 Å². The molecule has 3 aromatic carbocycles. The number of benzene rings is 3. The lowest BCUT2D eigenvalue weighted by Gasteiger charge is -2.16. The molecule has 3 aromatic rings. The molecule has 0 fully saturated rings. The average molecular weight is 418 g/mol. The average Bonchev–Trinajstić information content (AvgIpc) is 2.80. The third kappa shape index (κ3) is 6.34. The highest BCUT2D eigenvalue weighted by molar-refractivity contribution is 6.08. The summed E-state index contributed by atoms with van der Waals surface area (Å²) in [5.74, 6) is 0.335. The Labute approximate surface area is 182 Å². The van der Waals surface area contributed by atoms with Crippen LogP contribution in [-0.4, -0.2) is 25.0 Å². The maximum absolute atomic E-state index is 12.8. The van der Waals surface area contributed by atoms with Crippen LogP contribution in [-0.2, 0) is 4.79 Å². The van der Waals surface area contributed by atoms with Gasteiger partial charge in [-0.25, -0.2) is 0 Å². The van der Waals surface area contributed by atoms with Crippen molar-refractivity contribution in [1.82, 2.24) is 5.32 Å². The molecule has 0 aliphatic heterocycles. The third-order valence-electron chi connectivity index (χ3n) is 4.71. The lowest BCUT2D eigenvalue weighted by atomic mass is 10.1. The smallest absolute Gasteiger partial charge is 0.257 e. The normalized spacial score (nSPS) is 11.3. The van der Waals surface area contributed by atoms with Gasteiger partial charge in [-0.1, -0.05) is 42.5 Å². The summed E-state index contributed by atoms with van der Waals surface area (Å²) in [4.78, 5) is 25.1. The van der Waals surface area contributed by atoms with E-state index >= 15 is 0 Å². The summed E-state index contributed by atoms with van der Waals surface area (Å²) in [6, 6.07) is 24.0. The molecule has 3 rings (SSSR count). The van der Waals surface area contributed by atoms with Crippen LogP contribution in [0.25, 0.3) is 0 Å². The standard InChI is InChI=1S/C25H27N3O3/c1-3-31-21-15-13-20(14-16-21)28-25(30)22-11-7-8-12-23(22)26-17-24(29)27-18(2)19-9-5-4-6-10-19/h4-16,18,26H,3,17H2,1-2H3,(H,27,29)(H,28,30)/t18-/m0/s1. The van der Waals surface area contributed by atoms with Gasteiger partial charge in [0, 0.05) is 11.4 Å². The second-order valence-electron chi connectivity index (χ2n) is 7.01. The fourth-order valence-electron chi connectivity index (χ4n) is 3.13. The van der Waals surface area contributed by atoms with Crippen molar-refractivity contribution >= 4 is 23.2 Å². The lowest BCUT2D eigenvalue weighted by molar-refractivity contribution is -0.120. The minimum Gasteiger partial charge on any atom is -0.494 e. The van der Waals surface area contributed by atoms with Gasteiger partial charge in [0.2, 0.25) is 5.91 Å². The molecule has 0 bridgehead atoms. The first kappa shape index (κ1) is 21.9. The van der Waals surface area contributed by atoms with Crippen LogP contribution in [0.5, 0.6) is 5.75 Å². The molecule has 31 heavy (non-hydrogen) atoms. The second-order valence-corrected chi connectivity index (χ2v) is 7.01. The van der Waals surface area contributed by atoms with E-state index in [-0.39, 0.29) is 24.4 Å². The van der Waals surface area contributed by atoms with Crippen molar-refractivity contribution < 1.29 is 14.3 Å². The fourth-order valence-corrected chi connectivity index (χ4v) is 3.13. The number of rotatable bonds is 9. The van der Waals surface area contributed by atoms with Gasteiger partial charge in [0.1, 0.15) is 5.75 Å². The summed E-state index contributed by atoms with van der Waals surface area (Å²) < 4.78 is 5.42. The van der Waals surface area contributed by atoms with Gasteiger partial charge in [-0.05, 0) is 55.8 Å². The summed E-state index contributed by atoms with van der Waals surface area (Å²) in [6.45, 7) is 4.50. The summed E-state index contributed by atoms with van der Waals surface area (Å²) in [5.41, 5.74) is 2.75. The zero-order valence-corrected chi connectivity index (χ0v) is 17.7. The molecule has 160 valence electrons. The molecule has 0 spiro atoms. The minimum absolute atomic E-state index is 0.0600. The zero-order chi connectivity index (χ0) is 22.1. The quantitative estimate of drug-likeness (QED) is 0.474. The Morgan fingerprint density at radius 3 is 2.29 bits per heavy atom. The highest BCUT2D eigenvalue weighted by atomic mass is 16.5. The maximum atomic E-state index is 12.8. The number of nitrogens with one attached hydrogen (secondary N) is 3. The molecule has 0 unspecified atom stereocenters. The molecule has 6 nitrogen and oxygen atoms in total. The first-order valence-corrected chi connectivity index (χ1v) is 10.3. The van der Waals surface area contributed by atoms with E-state index in [1.54, 1.807) is 30.3 Å². The van der Waals surface area contributed by atoms with E-state index in [9.17, 15) is 9.59 Å². The van der Waals surface area contributed by atoms with E-state index in [1.165, 1.54) is 0 Å². The molecular weight excluding hydrogens is 390 g/mol. The number of carbonyl (C=O) groups is 2. The Morgan fingerprint density at radius 1 is 0.903 bits per heavy atom. The Hall–Kier alpha value is -3.80. The van der Waals surface area contributed by atoms with Crippen LogP contribution in [0.4, 0.5) is 11.4 Å². The summed E-state index contributed by atoms with van der Waals surface area (Å²) in [7, 11) is 0. The summed E-state index contributed by atoms with van der Waals surface area (Å²) in [5, 5.41) is 8.90. The molecule has 2 amide bonds. The van der Waals surface area contributed by atoms with Crippen molar-refractivity contribution in [2.24, 2.45) is 0 Å². The van der Waals surface area contributed by atoms with Gasteiger partial charge in [0.15, 0.2) is 0 Å². The summed E-state index contributed by atoms with van der Waals surface area (Å²) >= 11 is 0. The number of amides is 2. The van der Waals surface area contributed by atoms with Crippen LogP contribution < -0.4 is 20.7 Å². The molecule has 0 aromatic heterocycles. The fraction of sp³-hybridized carbons (Fsp3) is 0.200. The van der Waals surface area contributed by atoms with E-state index in [0.29, 0.717) is 23.5 Å². The van der Waals surface area contributed by atoms with Crippen molar-refractivity contribution in [3.8, 4) is 5.75 Å². The highest BCUT2D eigenvalue weighted by Crippen LogP contribution is 2.20. The lowest BCUT2D eigenvalue weighted by Crippen LogP contribution is -2.32. The van der Waals surface area contributed by atoms with Gasteiger partial charge in [-0.2, -0.15) is 0 Å². The molecule has 0 saturated carbocycles. The van der Waals surface area contributed by atoms with E-state index in [4.69, 9.17) is 4.74 Å². The monoisotopic (exact) mass is 417 g/mol. The molecule has 3 N–H and O–H groups in total. The minimum atomic E-state index is -0.259. The van der Waals surface area contributed by atoms with Crippen LogP contribution in [0.1, 0.15) is 35.8 Å². The number of carbonyl (C=O) groups excluding carboxylic acids is 2. The predicted molar refractivity (Wildman–Crippen MR) is 123 cm³/mol. The number of para-hydroxylation sites is 1. The highest BCUT2D eigenvalue weighted by Gasteiger charge is 2.13. The first-order chi connectivity index (χ1) is 15.1. The second kappa shape index (κ2) is 10.8. The molecule has 1 atom stereocenters. The van der Waals surface area contributed by atoms with E-state index in [1.807, 2.05) is 62.4 Å². The van der Waals surface area contributed by atoms with Crippen molar-refractivity contribution in [1.29, 1.82) is 0 Å². The van der Waals surface area contributed by atoms with Gasteiger partial charge in [0.05, 0.1) is 24.8 Å². The van der Waals surface area contributed by atoms with E-state index in [2.05, 4.69) is 16.0 Å².